The average molecular weight is 500 g/mol. The fourth-order valence-electron chi connectivity index (χ4n) is 3.43. The molecule has 1 aliphatic rings. The number of nitrogens with zero attached hydrogens (tertiary/aromatic N) is 5. The summed E-state index contributed by atoms with van der Waals surface area (Å²) in [5.41, 5.74) is 0.523. The van der Waals surface area contributed by atoms with Crippen LogP contribution in [0.1, 0.15) is 5.69 Å². The molecule has 1 saturated heterocycles. The molecule has 14 heteroatoms. The summed E-state index contributed by atoms with van der Waals surface area (Å²) < 4.78 is 35.9. The number of rotatable bonds is 9. The van der Waals surface area contributed by atoms with Gasteiger partial charge < -0.3 is 35.4 Å². The van der Waals surface area contributed by atoms with E-state index in [4.69, 9.17) is 22.1 Å². The standard InChI is InChI=1S/C20H27F2N7O4S/c1-33-20(34)24-8-13-11-29(26-25-13)14-6-16(21)19(17(22)7-14)28-4-2-27(3-5-28)18(32)10-23-9-15(31)12-30/h6-7,11,15,23,30-31H,2-5,8-10,12H2,1H3,(H,24,34)/t15-/m1/s1. The number of halogens is 2. The van der Waals surface area contributed by atoms with Crippen molar-refractivity contribution in [1.29, 1.82) is 0 Å². The molecule has 0 unspecified atom stereocenters. The van der Waals surface area contributed by atoms with Gasteiger partial charge >= 0.3 is 0 Å². The van der Waals surface area contributed by atoms with E-state index in [1.807, 2.05) is 0 Å². The molecule has 0 bridgehead atoms. The number of carbonyl (C=O) groups is 1. The smallest absolute Gasteiger partial charge is 0.256 e. The maximum absolute atomic E-state index is 14.9. The van der Waals surface area contributed by atoms with E-state index in [1.165, 1.54) is 30.1 Å². The summed E-state index contributed by atoms with van der Waals surface area (Å²) in [7, 11) is 1.43. The van der Waals surface area contributed by atoms with E-state index < -0.39 is 24.3 Å². The van der Waals surface area contributed by atoms with Crippen LogP contribution in [0, 0.1) is 11.6 Å². The average Bonchev–Trinajstić information content (AvgIpc) is 3.31. The van der Waals surface area contributed by atoms with Gasteiger partial charge in [0.15, 0.2) is 11.6 Å². The highest BCUT2D eigenvalue weighted by Gasteiger charge is 2.25. The van der Waals surface area contributed by atoms with Crippen LogP contribution in [0.4, 0.5) is 14.5 Å². The molecule has 2 heterocycles. The maximum atomic E-state index is 14.9. The van der Waals surface area contributed by atoms with Gasteiger partial charge in [0.2, 0.25) is 5.91 Å². The summed E-state index contributed by atoms with van der Waals surface area (Å²) in [5, 5.41) is 31.7. The van der Waals surface area contributed by atoms with Crippen molar-refractivity contribution in [3.05, 3.63) is 35.7 Å². The second kappa shape index (κ2) is 12.0. The topological polar surface area (TPSA) is 128 Å². The van der Waals surface area contributed by atoms with Crippen molar-refractivity contribution in [1.82, 2.24) is 30.5 Å². The first-order valence-corrected chi connectivity index (χ1v) is 11.0. The Bertz CT molecular complexity index is 978. The molecule has 11 nitrogen and oxygen atoms in total. The summed E-state index contributed by atoms with van der Waals surface area (Å²) in [6.07, 6.45) is 0.588. The lowest BCUT2D eigenvalue weighted by atomic mass is 10.2. The Kier molecular flexibility index (Phi) is 9.04. The number of hydrogen-bond donors (Lipinski definition) is 4. The zero-order valence-corrected chi connectivity index (χ0v) is 19.4. The van der Waals surface area contributed by atoms with E-state index in [-0.39, 0.29) is 55.2 Å². The molecule has 4 N–H and O–H groups in total. The van der Waals surface area contributed by atoms with Crippen molar-refractivity contribution in [2.75, 3.05) is 57.9 Å². The summed E-state index contributed by atoms with van der Waals surface area (Å²) in [5.74, 6) is -1.68. The van der Waals surface area contributed by atoms with Gasteiger partial charge in [-0.25, -0.2) is 13.5 Å². The molecule has 186 valence electrons. The van der Waals surface area contributed by atoms with Gasteiger partial charge in [0.05, 0.1) is 44.8 Å². The van der Waals surface area contributed by atoms with Crippen molar-refractivity contribution in [2.24, 2.45) is 0 Å². The third-order valence-corrected chi connectivity index (χ3v) is 5.53. The number of hydrogen-bond acceptors (Lipinski definition) is 9. The van der Waals surface area contributed by atoms with Crippen LogP contribution in [0.25, 0.3) is 5.69 Å². The highest BCUT2D eigenvalue weighted by molar-refractivity contribution is 7.80. The van der Waals surface area contributed by atoms with E-state index in [9.17, 15) is 18.7 Å². The number of thiocarbonyl (C=S) groups is 1. The second-order valence-corrected chi connectivity index (χ2v) is 7.96. The number of piperazine rings is 1. The predicted molar refractivity (Wildman–Crippen MR) is 122 cm³/mol. The Morgan fingerprint density at radius 3 is 2.56 bits per heavy atom. The number of aliphatic hydroxyl groups is 2. The number of aromatic nitrogens is 3. The van der Waals surface area contributed by atoms with E-state index in [1.54, 1.807) is 9.80 Å². The van der Waals surface area contributed by atoms with Gasteiger partial charge in [0, 0.05) is 44.9 Å². The van der Waals surface area contributed by atoms with Crippen molar-refractivity contribution >= 4 is 29.0 Å². The monoisotopic (exact) mass is 499 g/mol. The largest absolute Gasteiger partial charge is 0.474 e. The van der Waals surface area contributed by atoms with Crippen molar-refractivity contribution < 1.29 is 28.5 Å². The lowest BCUT2D eigenvalue weighted by molar-refractivity contribution is -0.130. The van der Waals surface area contributed by atoms with Gasteiger partial charge in [-0.2, -0.15) is 0 Å². The molecular weight excluding hydrogens is 472 g/mol. The molecule has 1 amide bonds. The van der Waals surface area contributed by atoms with Crippen LogP contribution in [0.15, 0.2) is 18.3 Å². The van der Waals surface area contributed by atoms with Crippen LogP contribution < -0.4 is 15.5 Å². The zero-order chi connectivity index (χ0) is 24.7. The predicted octanol–water partition coefficient (Wildman–Crippen LogP) is -0.842. The van der Waals surface area contributed by atoms with Crippen LogP contribution in [0.5, 0.6) is 0 Å². The fraction of sp³-hybridized carbons (Fsp3) is 0.500. The number of nitrogens with one attached hydrogen (secondary N) is 2. The number of carbonyl (C=O) groups excluding carboxylic acids is 1. The fourth-order valence-corrected chi connectivity index (χ4v) is 3.50. The highest BCUT2D eigenvalue weighted by Crippen LogP contribution is 2.27. The second-order valence-electron chi connectivity index (χ2n) is 7.59. The molecule has 0 spiro atoms. The molecule has 0 radical (unpaired) electrons. The third-order valence-electron chi connectivity index (χ3n) is 5.22. The summed E-state index contributed by atoms with van der Waals surface area (Å²) in [4.78, 5) is 15.4. The van der Waals surface area contributed by atoms with Gasteiger partial charge in [-0.05, 0) is 12.2 Å². The Balaban J connectivity index is 1.59. The molecule has 1 aromatic carbocycles. The molecule has 0 aliphatic carbocycles. The van der Waals surface area contributed by atoms with Gasteiger partial charge in [-0.3, -0.25) is 4.79 Å². The number of benzene rings is 1. The van der Waals surface area contributed by atoms with Crippen molar-refractivity contribution in [3.8, 4) is 5.69 Å². The van der Waals surface area contributed by atoms with Gasteiger partial charge in [0.1, 0.15) is 11.4 Å². The molecule has 2 aromatic rings. The Labute approximate surface area is 200 Å². The maximum Gasteiger partial charge on any atom is 0.256 e. The zero-order valence-electron chi connectivity index (χ0n) is 18.6. The molecular formula is C20H27F2N7O4S. The summed E-state index contributed by atoms with van der Waals surface area (Å²) in [6.45, 7) is 1.06. The quantitative estimate of drug-likeness (QED) is 0.324. The molecule has 0 saturated carbocycles. The van der Waals surface area contributed by atoms with E-state index in [2.05, 4.69) is 20.9 Å². The van der Waals surface area contributed by atoms with Crippen LogP contribution in [0.2, 0.25) is 0 Å². The van der Waals surface area contributed by atoms with Gasteiger partial charge in [0.25, 0.3) is 5.17 Å². The van der Waals surface area contributed by atoms with Crippen LogP contribution in [0.3, 0.4) is 0 Å². The van der Waals surface area contributed by atoms with Crippen molar-refractivity contribution in [3.63, 3.8) is 0 Å². The van der Waals surface area contributed by atoms with Crippen LogP contribution in [-0.4, -0.2) is 100 Å². The number of amides is 1. The SMILES string of the molecule is COC(=S)NCc1cn(-c2cc(F)c(N3CCN(C(=O)CNC[C@@H](O)CO)CC3)c(F)c2)nn1. The number of methoxy groups -OCH3 is 1. The minimum atomic E-state index is -0.937. The lowest BCUT2D eigenvalue weighted by Gasteiger charge is -2.36. The van der Waals surface area contributed by atoms with Gasteiger partial charge in [-0.1, -0.05) is 5.21 Å². The first kappa shape index (κ1) is 25.7. The molecule has 3 rings (SSSR count). The summed E-state index contributed by atoms with van der Waals surface area (Å²) >= 11 is 4.88. The molecule has 34 heavy (non-hydrogen) atoms. The number of ether oxygens (including phenoxy) is 1. The first-order valence-electron chi connectivity index (χ1n) is 10.6. The van der Waals surface area contributed by atoms with E-state index in [0.29, 0.717) is 18.8 Å². The molecule has 1 aromatic heterocycles. The highest BCUT2D eigenvalue weighted by atomic mass is 32.1. The lowest BCUT2D eigenvalue weighted by Crippen LogP contribution is -2.51. The third kappa shape index (κ3) is 6.56. The minimum Gasteiger partial charge on any atom is -0.474 e. The molecule has 1 aliphatic heterocycles. The Hall–Kier alpha value is -2.94. The molecule has 1 fully saturated rings. The Morgan fingerprint density at radius 2 is 1.94 bits per heavy atom. The Morgan fingerprint density at radius 1 is 1.26 bits per heavy atom. The van der Waals surface area contributed by atoms with Crippen LogP contribution >= 0.6 is 12.2 Å². The van der Waals surface area contributed by atoms with E-state index >= 15 is 0 Å². The molecule has 1 atom stereocenters. The van der Waals surface area contributed by atoms with Crippen LogP contribution in [-0.2, 0) is 16.1 Å². The van der Waals surface area contributed by atoms with Crippen molar-refractivity contribution in [2.45, 2.75) is 12.6 Å². The normalized spacial score (nSPS) is 14.7. The van der Waals surface area contributed by atoms with E-state index in [0.717, 1.165) is 0 Å². The summed E-state index contributed by atoms with van der Waals surface area (Å²) in [6, 6.07) is 2.36. The number of aliphatic hydroxyl groups excluding tert-OH is 2. The minimum absolute atomic E-state index is 0.00114. The van der Waals surface area contributed by atoms with Gasteiger partial charge in [-0.15, -0.1) is 5.10 Å². The number of anilines is 1. The first-order chi connectivity index (χ1) is 16.3.